The summed E-state index contributed by atoms with van der Waals surface area (Å²) in [5, 5.41) is 3.58. The van der Waals surface area contributed by atoms with Crippen molar-refractivity contribution < 1.29 is 0 Å². The average molecular weight is 375 g/mol. The van der Waals surface area contributed by atoms with E-state index in [1.54, 1.807) is 10.8 Å². The van der Waals surface area contributed by atoms with Crippen LogP contribution in [-0.4, -0.2) is 22.1 Å². The van der Waals surface area contributed by atoms with Crippen molar-refractivity contribution in [1.29, 1.82) is 0 Å². The molecule has 0 bridgehead atoms. The van der Waals surface area contributed by atoms with Crippen molar-refractivity contribution in [2.24, 2.45) is 5.92 Å². The summed E-state index contributed by atoms with van der Waals surface area (Å²) in [7, 11) is 0. The van der Waals surface area contributed by atoms with Gasteiger partial charge in [0.2, 0.25) is 0 Å². The molecule has 1 aliphatic carbocycles. The number of aryl methyl sites for hydroxylation is 1. The summed E-state index contributed by atoms with van der Waals surface area (Å²) in [5.41, 5.74) is 0.0758. The van der Waals surface area contributed by atoms with Gasteiger partial charge >= 0.3 is 0 Å². The SMILES string of the molecule is Cc1ncc(I)c(=O)n1CCNC1CCCC(C)C1. The summed E-state index contributed by atoms with van der Waals surface area (Å²) >= 11 is 2.05. The number of hydrogen-bond acceptors (Lipinski definition) is 3. The summed E-state index contributed by atoms with van der Waals surface area (Å²) in [5.74, 6) is 1.62. The van der Waals surface area contributed by atoms with Crippen molar-refractivity contribution in [2.45, 2.75) is 52.1 Å². The third kappa shape index (κ3) is 4.02. The summed E-state index contributed by atoms with van der Waals surface area (Å²) in [6.45, 7) is 5.77. The van der Waals surface area contributed by atoms with Crippen LogP contribution in [0.5, 0.6) is 0 Å². The van der Waals surface area contributed by atoms with Crippen molar-refractivity contribution in [3.8, 4) is 0 Å². The first-order valence-corrected chi connectivity index (χ1v) is 8.11. The van der Waals surface area contributed by atoms with Crippen molar-refractivity contribution in [2.75, 3.05) is 6.54 Å². The average Bonchev–Trinajstić information content (AvgIpc) is 2.38. The molecule has 4 nitrogen and oxygen atoms in total. The van der Waals surface area contributed by atoms with Crippen LogP contribution in [0.25, 0.3) is 0 Å². The maximum Gasteiger partial charge on any atom is 0.266 e. The zero-order valence-corrected chi connectivity index (χ0v) is 13.8. The van der Waals surface area contributed by atoms with Gasteiger partial charge in [-0.2, -0.15) is 0 Å². The maximum atomic E-state index is 12.0. The van der Waals surface area contributed by atoms with Crippen molar-refractivity contribution in [3.05, 3.63) is 25.9 Å². The van der Waals surface area contributed by atoms with Crippen molar-refractivity contribution in [1.82, 2.24) is 14.9 Å². The van der Waals surface area contributed by atoms with Gasteiger partial charge in [-0.1, -0.05) is 19.8 Å². The molecular formula is C14H22IN3O. The number of nitrogens with zero attached hydrogens (tertiary/aromatic N) is 2. The molecule has 0 amide bonds. The Bertz CT molecular complexity index is 486. The molecule has 2 rings (SSSR count). The van der Waals surface area contributed by atoms with Gasteiger partial charge in [0.05, 0.1) is 3.57 Å². The molecule has 106 valence electrons. The van der Waals surface area contributed by atoms with Crippen LogP contribution in [0, 0.1) is 16.4 Å². The van der Waals surface area contributed by atoms with Crippen LogP contribution in [-0.2, 0) is 6.54 Å². The summed E-state index contributed by atoms with van der Waals surface area (Å²) in [6, 6.07) is 0.621. The van der Waals surface area contributed by atoms with E-state index < -0.39 is 0 Å². The smallest absolute Gasteiger partial charge is 0.266 e. The number of aromatic nitrogens is 2. The van der Waals surface area contributed by atoms with E-state index >= 15 is 0 Å². The van der Waals surface area contributed by atoms with Crippen LogP contribution in [0.15, 0.2) is 11.0 Å². The molecule has 1 heterocycles. The second kappa shape index (κ2) is 6.83. The van der Waals surface area contributed by atoms with Gasteiger partial charge in [0.25, 0.3) is 5.56 Å². The van der Waals surface area contributed by atoms with Gasteiger partial charge in [-0.15, -0.1) is 0 Å². The van der Waals surface area contributed by atoms with Crippen molar-refractivity contribution >= 4 is 22.6 Å². The van der Waals surface area contributed by atoms with Crippen LogP contribution >= 0.6 is 22.6 Å². The Hall–Kier alpha value is -0.430. The highest BCUT2D eigenvalue weighted by Gasteiger charge is 2.18. The van der Waals surface area contributed by atoms with E-state index in [4.69, 9.17) is 0 Å². The number of halogens is 1. The third-order valence-electron chi connectivity index (χ3n) is 3.91. The predicted molar refractivity (Wildman–Crippen MR) is 85.4 cm³/mol. The summed E-state index contributed by atoms with van der Waals surface area (Å²) < 4.78 is 2.45. The molecule has 2 atom stereocenters. The van der Waals surface area contributed by atoms with Gasteiger partial charge in [-0.05, 0) is 48.3 Å². The normalized spacial score (nSPS) is 23.5. The van der Waals surface area contributed by atoms with Crippen LogP contribution in [0.4, 0.5) is 0 Å². The second-order valence-electron chi connectivity index (χ2n) is 5.53. The fraction of sp³-hybridized carbons (Fsp3) is 0.714. The summed E-state index contributed by atoms with van der Waals surface area (Å²) in [6.07, 6.45) is 6.85. The Morgan fingerprint density at radius 2 is 2.32 bits per heavy atom. The van der Waals surface area contributed by atoms with E-state index in [-0.39, 0.29) is 5.56 Å². The molecule has 1 aromatic rings. The molecule has 0 aliphatic heterocycles. The lowest BCUT2D eigenvalue weighted by Gasteiger charge is -2.27. The van der Waals surface area contributed by atoms with Gasteiger partial charge < -0.3 is 5.32 Å². The van der Waals surface area contributed by atoms with E-state index in [1.165, 1.54) is 25.7 Å². The highest BCUT2D eigenvalue weighted by atomic mass is 127. The molecule has 0 spiro atoms. The van der Waals surface area contributed by atoms with Crippen LogP contribution in [0.2, 0.25) is 0 Å². The minimum Gasteiger partial charge on any atom is -0.312 e. The lowest BCUT2D eigenvalue weighted by Crippen LogP contribution is -2.37. The molecule has 1 saturated carbocycles. The second-order valence-corrected chi connectivity index (χ2v) is 6.70. The topological polar surface area (TPSA) is 46.9 Å². The zero-order valence-electron chi connectivity index (χ0n) is 11.7. The third-order valence-corrected chi connectivity index (χ3v) is 4.65. The van der Waals surface area contributed by atoms with Crippen LogP contribution in [0.3, 0.4) is 0 Å². The Balaban J connectivity index is 1.89. The van der Waals surface area contributed by atoms with Gasteiger partial charge in [0, 0.05) is 25.3 Å². The first-order chi connectivity index (χ1) is 9.08. The predicted octanol–water partition coefficient (Wildman–Crippen LogP) is 2.32. The molecule has 19 heavy (non-hydrogen) atoms. The molecule has 1 aromatic heterocycles. The van der Waals surface area contributed by atoms with E-state index in [1.807, 2.05) is 29.5 Å². The highest BCUT2D eigenvalue weighted by Crippen LogP contribution is 2.23. The standard InChI is InChI=1S/C14H22IN3O/c1-10-4-3-5-12(8-10)16-6-7-18-11(2)17-9-13(15)14(18)19/h9-10,12,16H,3-8H2,1-2H3. The Morgan fingerprint density at radius 1 is 1.53 bits per heavy atom. The monoisotopic (exact) mass is 375 g/mol. The molecule has 1 aliphatic rings. The Labute approximate surface area is 128 Å². The van der Waals surface area contributed by atoms with Crippen LogP contribution in [0.1, 0.15) is 38.4 Å². The first-order valence-electron chi connectivity index (χ1n) is 7.03. The maximum absolute atomic E-state index is 12.0. The molecule has 0 radical (unpaired) electrons. The lowest BCUT2D eigenvalue weighted by atomic mass is 9.87. The van der Waals surface area contributed by atoms with Gasteiger partial charge in [-0.25, -0.2) is 4.98 Å². The molecule has 0 saturated heterocycles. The minimum atomic E-state index is 0.0758. The molecule has 5 heteroatoms. The van der Waals surface area contributed by atoms with Gasteiger partial charge in [0.1, 0.15) is 5.82 Å². The Kier molecular flexibility index (Phi) is 5.38. The number of nitrogens with one attached hydrogen (secondary N) is 1. The van der Waals surface area contributed by atoms with Crippen LogP contribution < -0.4 is 10.9 Å². The molecular weight excluding hydrogens is 353 g/mol. The van der Waals surface area contributed by atoms with E-state index in [0.29, 0.717) is 16.2 Å². The van der Waals surface area contributed by atoms with Gasteiger partial charge in [0.15, 0.2) is 0 Å². The first kappa shape index (κ1) is 15.0. The fourth-order valence-corrected chi connectivity index (χ4v) is 3.24. The number of rotatable bonds is 4. The molecule has 0 aromatic carbocycles. The fourth-order valence-electron chi connectivity index (χ4n) is 2.81. The highest BCUT2D eigenvalue weighted by molar-refractivity contribution is 14.1. The largest absolute Gasteiger partial charge is 0.312 e. The zero-order chi connectivity index (χ0) is 13.8. The van der Waals surface area contributed by atoms with E-state index in [0.717, 1.165) is 18.3 Å². The molecule has 1 N–H and O–H groups in total. The quantitative estimate of drug-likeness (QED) is 0.822. The lowest BCUT2D eigenvalue weighted by molar-refractivity contribution is 0.298. The number of hydrogen-bond donors (Lipinski definition) is 1. The van der Waals surface area contributed by atoms with E-state index in [9.17, 15) is 4.79 Å². The Morgan fingerprint density at radius 3 is 3.05 bits per heavy atom. The minimum absolute atomic E-state index is 0.0758. The summed E-state index contributed by atoms with van der Waals surface area (Å²) in [4.78, 5) is 16.3. The molecule has 1 fully saturated rings. The van der Waals surface area contributed by atoms with E-state index in [2.05, 4.69) is 17.2 Å². The molecule has 2 unspecified atom stereocenters. The van der Waals surface area contributed by atoms with Gasteiger partial charge in [-0.3, -0.25) is 9.36 Å². The van der Waals surface area contributed by atoms with Crippen molar-refractivity contribution in [3.63, 3.8) is 0 Å².